The Morgan fingerprint density at radius 1 is 1.32 bits per heavy atom. The molecule has 1 aliphatic heterocycles. The molecule has 9 heteroatoms. The third kappa shape index (κ3) is 5.05. The van der Waals surface area contributed by atoms with Crippen LogP contribution in [0.1, 0.15) is 32.1 Å². The highest BCUT2D eigenvalue weighted by Gasteiger charge is 2.24. The number of rotatable bonds is 7. The number of ketones is 2. The summed E-state index contributed by atoms with van der Waals surface area (Å²) in [6.07, 6.45) is 2.73. The highest BCUT2D eigenvalue weighted by atomic mass is 79.9. The molecule has 2 N–H and O–H groups in total. The van der Waals surface area contributed by atoms with Crippen molar-refractivity contribution in [2.75, 3.05) is 6.54 Å². The Balaban J connectivity index is 1.59. The molecule has 0 spiro atoms. The van der Waals surface area contributed by atoms with Crippen LogP contribution in [0.3, 0.4) is 0 Å². The number of nitrogens with zero attached hydrogens (tertiary/aromatic N) is 2. The largest absolute Gasteiger partial charge is 0.391 e. The number of carbonyl (C=O) groups is 2. The van der Waals surface area contributed by atoms with E-state index in [9.17, 15) is 19.5 Å². The SMILES string of the molecule is O=C(CCC(=O)Cn1cnc2cc(Br)c(Cl)cc2c1=O)CC1NCCCC1O. The van der Waals surface area contributed by atoms with Crippen LogP contribution in [-0.2, 0) is 16.1 Å². The van der Waals surface area contributed by atoms with E-state index < -0.39 is 6.10 Å². The summed E-state index contributed by atoms with van der Waals surface area (Å²) in [7, 11) is 0. The first-order chi connectivity index (χ1) is 13.3. The van der Waals surface area contributed by atoms with Crippen molar-refractivity contribution in [3.8, 4) is 0 Å². The topological polar surface area (TPSA) is 101 Å². The zero-order chi connectivity index (χ0) is 20.3. The zero-order valence-corrected chi connectivity index (χ0v) is 17.5. The summed E-state index contributed by atoms with van der Waals surface area (Å²) in [4.78, 5) is 41.1. The van der Waals surface area contributed by atoms with E-state index in [1.54, 1.807) is 6.07 Å². The van der Waals surface area contributed by atoms with Gasteiger partial charge in [-0.3, -0.25) is 19.0 Å². The molecular weight excluding hydrogens is 450 g/mol. The molecule has 2 aromatic rings. The number of aliphatic hydroxyl groups excluding tert-OH is 1. The van der Waals surface area contributed by atoms with Crippen LogP contribution in [0.25, 0.3) is 10.9 Å². The second kappa shape index (κ2) is 9.26. The maximum Gasteiger partial charge on any atom is 0.261 e. The van der Waals surface area contributed by atoms with Gasteiger partial charge in [0.15, 0.2) is 5.78 Å². The van der Waals surface area contributed by atoms with Crippen molar-refractivity contribution < 1.29 is 14.7 Å². The van der Waals surface area contributed by atoms with Crippen LogP contribution in [0.4, 0.5) is 0 Å². The van der Waals surface area contributed by atoms with E-state index in [4.69, 9.17) is 11.6 Å². The molecule has 1 aromatic carbocycles. The number of piperidine rings is 1. The molecule has 0 amide bonds. The summed E-state index contributed by atoms with van der Waals surface area (Å²) in [6, 6.07) is 2.92. The van der Waals surface area contributed by atoms with Gasteiger partial charge in [-0.25, -0.2) is 4.98 Å². The Labute approximate surface area is 175 Å². The van der Waals surface area contributed by atoms with E-state index in [0.717, 1.165) is 13.0 Å². The fourth-order valence-corrected chi connectivity index (χ4v) is 3.80. The van der Waals surface area contributed by atoms with E-state index in [-0.39, 0.29) is 49.0 Å². The third-order valence-electron chi connectivity index (χ3n) is 4.89. The molecule has 28 heavy (non-hydrogen) atoms. The lowest BCUT2D eigenvalue weighted by atomic mass is 9.95. The smallest absolute Gasteiger partial charge is 0.261 e. The Hall–Kier alpha value is -1.61. The number of nitrogens with one attached hydrogen (secondary N) is 1. The average Bonchev–Trinajstić information content (AvgIpc) is 2.66. The fraction of sp³-hybridized carbons (Fsp3) is 0.474. The summed E-state index contributed by atoms with van der Waals surface area (Å²) in [6.45, 7) is 0.638. The molecule has 0 bridgehead atoms. The normalized spacial score (nSPS) is 19.7. The molecular formula is C19H21BrClN3O4. The molecule has 0 saturated carbocycles. The number of aromatic nitrogens is 2. The Morgan fingerprint density at radius 3 is 2.82 bits per heavy atom. The van der Waals surface area contributed by atoms with Crippen LogP contribution in [0.2, 0.25) is 5.02 Å². The lowest BCUT2D eigenvalue weighted by molar-refractivity contribution is -0.125. The number of halogens is 2. The van der Waals surface area contributed by atoms with Crippen molar-refractivity contribution in [2.24, 2.45) is 0 Å². The van der Waals surface area contributed by atoms with Gasteiger partial charge < -0.3 is 10.4 Å². The fourth-order valence-electron chi connectivity index (χ4n) is 3.31. The molecule has 1 fully saturated rings. The Bertz CT molecular complexity index is 962. The molecule has 1 aliphatic rings. The summed E-state index contributed by atoms with van der Waals surface area (Å²) >= 11 is 9.33. The van der Waals surface area contributed by atoms with Crippen molar-refractivity contribution in [3.63, 3.8) is 0 Å². The van der Waals surface area contributed by atoms with Gasteiger partial charge >= 0.3 is 0 Å². The molecule has 150 valence electrons. The van der Waals surface area contributed by atoms with Crippen LogP contribution >= 0.6 is 27.5 Å². The molecule has 1 saturated heterocycles. The Morgan fingerprint density at radius 2 is 2.07 bits per heavy atom. The minimum atomic E-state index is -0.525. The number of carbonyl (C=O) groups excluding carboxylic acids is 2. The van der Waals surface area contributed by atoms with E-state index in [1.165, 1.54) is 17.0 Å². The number of Topliss-reactive ketones (excluding diaryl/α,β-unsaturated/α-hetero) is 2. The summed E-state index contributed by atoms with van der Waals surface area (Å²) in [5.74, 6) is -0.302. The van der Waals surface area contributed by atoms with Gasteiger partial charge in [-0.1, -0.05) is 11.6 Å². The first-order valence-electron chi connectivity index (χ1n) is 9.14. The number of benzene rings is 1. The highest BCUT2D eigenvalue weighted by Crippen LogP contribution is 2.25. The van der Waals surface area contributed by atoms with Gasteiger partial charge in [0.05, 0.1) is 34.9 Å². The molecule has 0 radical (unpaired) electrons. The monoisotopic (exact) mass is 469 g/mol. The highest BCUT2D eigenvalue weighted by molar-refractivity contribution is 9.10. The minimum Gasteiger partial charge on any atom is -0.391 e. The quantitative estimate of drug-likeness (QED) is 0.643. The predicted molar refractivity (Wildman–Crippen MR) is 110 cm³/mol. The van der Waals surface area contributed by atoms with E-state index >= 15 is 0 Å². The second-order valence-corrected chi connectivity index (χ2v) is 8.27. The number of hydrogen-bond acceptors (Lipinski definition) is 6. The summed E-state index contributed by atoms with van der Waals surface area (Å²) < 4.78 is 1.87. The van der Waals surface area contributed by atoms with Crippen LogP contribution in [0.15, 0.2) is 27.7 Å². The molecule has 7 nitrogen and oxygen atoms in total. The summed E-state index contributed by atoms with van der Waals surface area (Å²) in [5, 5.41) is 13.8. The van der Waals surface area contributed by atoms with Crippen molar-refractivity contribution in [1.82, 2.24) is 14.9 Å². The summed E-state index contributed by atoms with van der Waals surface area (Å²) in [5.41, 5.74) is 0.132. The predicted octanol–water partition coefficient (Wildman–Crippen LogP) is 2.23. The average molecular weight is 471 g/mol. The number of hydrogen-bond donors (Lipinski definition) is 2. The molecule has 2 unspecified atom stereocenters. The van der Waals surface area contributed by atoms with Gasteiger partial charge in [-0.2, -0.15) is 0 Å². The lowest BCUT2D eigenvalue weighted by Crippen LogP contribution is -2.45. The molecule has 2 atom stereocenters. The van der Waals surface area contributed by atoms with Gasteiger partial charge in [0.2, 0.25) is 0 Å². The second-order valence-electron chi connectivity index (χ2n) is 7.01. The standard InChI is InChI=1S/C19H21BrClN3O4/c20-14-8-16-13(7-15(14)21)19(28)24(10-23-16)9-12(26)4-3-11(25)6-17-18(27)2-1-5-22-17/h7-8,10,17-18,22,27H,1-6,9H2. The van der Waals surface area contributed by atoms with Gasteiger partial charge in [0, 0.05) is 29.8 Å². The number of fused-ring (bicyclic) bond motifs is 1. The van der Waals surface area contributed by atoms with Gasteiger partial charge in [-0.05, 0) is 47.4 Å². The van der Waals surface area contributed by atoms with Gasteiger partial charge in [-0.15, -0.1) is 0 Å². The van der Waals surface area contributed by atoms with Crippen LogP contribution in [0.5, 0.6) is 0 Å². The third-order valence-corrected chi connectivity index (χ3v) is 6.09. The van der Waals surface area contributed by atoms with Crippen molar-refractivity contribution in [2.45, 2.75) is 50.8 Å². The van der Waals surface area contributed by atoms with E-state index in [0.29, 0.717) is 26.8 Å². The molecule has 3 rings (SSSR count). The minimum absolute atomic E-state index is 0.0488. The van der Waals surface area contributed by atoms with Gasteiger partial charge in [0.1, 0.15) is 5.78 Å². The molecule has 2 heterocycles. The zero-order valence-electron chi connectivity index (χ0n) is 15.2. The molecule has 1 aromatic heterocycles. The van der Waals surface area contributed by atoms with E-state index in [2.05, 4.69) is 26.2 Å². The van der Waals surface area contributed by atoms with E-state index in [1.807, 2.05) is 0 Å². The first kappa shape index (κ1) is 21.1. The number of aliphatic hydroxyl groups is 1. The van der Waals surface area contributed by atoms with Crippen LogP contribution < -0.4 is 10.9 Å². The maximum absolute atomic E-state index is 12.6. The van der Waals surface area contributed by atoms with Crippen LogP contribution in [0, 0.1) is 0 Å². The maximum atomic E-state index is 12.6. The molecule has 0 aliphatic carbocycles. The van der Waals surface area contributed by atoms with Crippen LogP contribution in [-0.4, -0.2) is 44.9 Å². The Kier molecular flexibility index (Phi) is 6.98. The lowest BCUT2D eigenvalue weighted by Gasteiger charge is -2.28. The van der Waals surface area contributed by atoms with Crippen molar-refractivity contribution in [1.29, 1.82) is 0 Å². The first-order valence-corrected chi connectivity index (χ1v) is 10.3. The van der Waals surface area contributed by atoms with Gasteiger partial charge in [0.25, 0.3) is 5.56 Å². The van der Waals surface area contributed by atoms with Crippen molar-refractivity contribution in [3.05, 3.63) is 38.3 Å². The van der Waals surface area contributed by atoms with Crippen molar-refractivity contribution >= 4 is 50.0 Å².